The molecule has 4 aromatic rings. The highest BCUT2D eigenvalue weighted by atomic mass is 19.2. The second-order valence-corrected chi connectivity index (χ2v) is 6.65. The first-order chi connectivity index (χ1) is 13.1. The summed E-state index contributed by atoms with van der Waals surface area (Å²) in [5.41, 5.74) is 7.33. The molecule has 132 valence electrons. The van der Waals surface area contributed by atoms with Crippen molar-refractivity contribution in [1.29, 1.82) is 0 Å². The quantitative estimate of drug-likeness (QED) is 0.362. The van der Waals surface area contributed by atoms with Crippen LogP contribution in [-0.2, 0) is 0 Å². The van der Waals surface area contributed by atoms with Crippen LogP contribution in [0.1, 0.15) is 5.56 Å². The Morgan fingerprint density at radius 2 is 0.741 bits per heavy atom. The van der Waals surface area contributed by atoms with Crippen molar-refractivity contribution in [3.8, 4) is 33.4 Å². The zero-order valence-corrected chi connectivity index (χ0v) is 14.9. The molecular weight excluding hydrogens is 338 g/mol. The standard InChI is InChI=1S/C25H18F2/c1-17-2-4-18(5-3-17)19-6-8-20(9-7-19)21-10-12-22(13-11-21)23-14-15-24(26)25(27)16-23/h2-16H,1H3. The fraction of sp³-hybridized carbons (Fsp3) is 0.0400. The smallest absolute Gasteiger partial charge is 0.159 e. The van der Waals surface area contributed by atoms with Gasteiger partial charge in [-0.15, -0.1) is 0 Å². The fourth-order valence-electron chi connectivity index (χ4n) is 3.13. The van der Waals surface area contributed by atoms with E-state index >= 15 is 0 Å². The SMILES string of the molecule is Cc1ccc(-c2ccc(-c3ccc(-c4ccc(F)c(F)c4)cc3)cc2)cc1. The predicted octanol–water partition coefficient (Wildman–Crippen LogP) is 7.27. The predicted molar refractivity (Wildman–Crippen MR) is 107 cm³/mol. The first-order valence-electron chi connectivity index (χ1n) is 8.83. The van der Waals surface area contributed by atoms with Crippen molar-refractivity contribution < 1.29 is 8.78 Å². The lowest BCUT2D eigenvalue weighted by molar-refractivity contribution is 0.509. The topological polar surface area (TPSA) is 0 Å². The molecule has 0 N–H and O–H groups in total. The normalized spacial score (nSPS) is 10.8. The molecule has 0 nitrogen and oxygen atoms in total. The van der Waals surface area contributed by atoms with Crippen LogP contribution in [0.2, 0.25) is 0 Å². The van der Waals surface area contributed by atoms with Crippen molar-refractivity contribution in [2.45, 2.75) is 6.92 Å². The molecule has 0 bridgehead atoms. The number of hydrogen-bond acceptors (Lipinski definition) is 0. The molecule has 4 rings (SSSR count). The largest absolute Gasteiger partial charge is 0.204 e. The molecule has 0 amide bonds. The first-order valence-corrected chi connectivity index (χ1v) is 8.83. The Hall–Kier alpha value is -3.26. The van der Waals surface area contributed by atoms with Crippen molar-refractivity contribution in [2.75, 3.05) is 0 Å². The maximum Gasteiger partial charge on any atom is 0.159 e. The van der Waals surface area contributed by atoms with Gasteiger partial charge < -0.3 is 0 Å². The lowest BCUT2D eigenvalue weighted by Gasteiger charge is -2.07. The van der Waals surface area contributed by atoms with Crippen LogP contribution in [0.4, 0.5) is 8.78 Å². The van der Waals surface area contributed by atoms with Gasteiger partial charge in [-0.25, -0.2) is 8.78 Å². The van der Waals surface area contributed by atoms with Crippen molar-refractivity contribution >= 4 is 0 Å². The van der Waals surface area contributed by atoms with Crippen molar-refractivity contribution in [1.82, 2.24) is 0 Å². The Kier molecular flexibility index (Phi) is 4.55. The van der Waals surface area contributed by atoms with Gasteiger partial charge in [-0.05, 0) is 52.4 Å². The van der Waals surface area contributed by atoms with Gasteiger partial charge in [-0.2, -0.15) is 0 Å². The molecule has 27 heavy (non-hydrogen) atoms. The van der Waals surface area contributed by atoms with E-state index in [1.165, 1.54) is 22.8 Å². The minimum Gasteiger partial charge on any atom is -0.204 e. The Bertz CT molecular complexity index is 1060. The maximum atomic E-state index is 13.4. The number of hydrogen-bond donors (Lipinski definition) is 0. The van der Waals surface area contributed by atoms with Gasteiger partial charge in [0.25, 0.3) is 0 Å². The zero-order valence-electron chi connectivity index (χ0n) is 14.9. The van der Waals surface area contributed by atoms with E-state index < -0.39 is 11.6 Å². The van der Waals surface area contributed by atoms with E-state index in [0.717, 1.165) is 22.8 Å². The van der Waals surface area contributed by atoms with Gasteiger partial charge in [0.1, 0.15) is 0 Å². The average molecular weight is 356 g/mol. The molecule has 0 aliphatic carbocycles. The van der Waals surface area contributed by atoms with E-state index in [1.54, 1.807) is 6.07 Å². The van der Waals surface area contributed by atoms with Crippen molar-refractivity contribution in [3.63, 3.8) is 0 Å². The van der Waals surface area contributed by atoms with Crippen LogP contribution in [0.25, 0.3) is 33.4 Å². The van der Waals surface area contributed by atoms with Crippen LogP contribution < -0.4 is 0 Å². The summed E-state index contributed by atoms with van der Waals surface area (Å²) in [6.07, 6.45) is 0. The van der Waals surface area contributed by atoms with Crippen LogP contribution in [-0.4, -0.2) is 0 Å². The molecule has 0 atom stereocenters. The molecule has 0 heterocycles. The van der Waals surface area contributed by atoms with E-state index in [1.807, 2.05) is 24.3 Å². The second-order valence-electron chi connectivity index (χ2n) is 6.65. The lowest BCUT2D eigenvalue weighted by atomic mass is 9.98. The van der Waals surface area contributed by atoms with Gasteiger partial charge in [-0.3, -0.25) is 0 Å². The third-order valence-electron chi connectivity index (χ3n) is 4.74. The molecule has 2 heteroatoms. The molecule has 0 saturated heterocycles. The van der Waals surface area contributed by atoms with Gasteiger partial charge in [-0.1, -0.05) is 84.4 Å². The summed E-state index contributed by atoms with van der Waals surface area (Å²) >= 11 is 0. The highest BCUT2D eigenvalue weighted by Crippen LogP contribution is 2.28. The van der Waals surface area contributed by atoms with Crippen LogP contribution in [0.5, 0.6) is 0 Å². The van der Waals surface area contributed by atoms with E-state index in [4.69, 9.17) is 0 Å². The molecular formula is C25H18F2. The Morgan fingerprint density at radius 3 is 1.15 bits per heavy atom. The van der Waals surface area contributed by atoms with E-state index in [0.29, 0.717) is 5.56 Å². The summed E-state index contributed by atoms with van der Waals surface area (Å²) in [4.78, 5) is 0. The third-order valence-corrected chi connectivity index (χ3v) is 4.74. The molecule has 0 unspecified atom stereocenters. The van der Waals surface area contributed by atoms with Gasteiger partial charge in [0.05, 0.1) is 0 Å². The van der Waals surface area contributed by atoms with Crippen molar-refractivity contribution in [3.05, 3.63) is 108 Å². The fourth-order valence-corrected chi connectivity index (χ4v) is 3.13. The Balaban J connectivity index is 1.58. The number of aryl methyl sites for hydroxylation is 1. The van der Waals surface area contributed by atoms with Gasteiger partial charge in [0.15, 0.2) is 11.6 Å². The maximum absolute atomic E-state index is 13.4. The van der Waals surface area contributed by atoms with Gasteiger partial charge >= 0.3 is 0 Å². The Morgan fingerprint density at radius 1 is 0.407 bits per heavy atom. The molecule has 0 aromatic heterocycles. The molecule has 0 radical (unpaired) electrons. The molecule has 0 aliphatic rings. The van der Waals surface area contributed by atoms with Gasteiger partial charge in [0, 0.05) is 0 Å². The van der Waals surface area contributed by atoms with Gasteiger partial charge in [0.2, 0.25) is 0 Å². The molecule has 4 aromatic carbocycles. The Labute approximate surface area is 157 Å². The number of benzene rings is 4. The van der Waals surface area contributed by atoms with Crippen LogP contribution in [0.3, 0.4) is 0 Å². The molecule has 0 aliphatic heterocycles. The summed E-state index contributed by atoms with van der Waals surface area (Å²) < 4.78 is 26.5. The van der Waals surface area contributed by atoms with E-state index in [2.05, 4.69) is 55.5 Å². The summed E-state index contributed by atoms with van der Waals surface area (Å²) in [5.74, 6) is -1.66. The summed E-state index contributed by atoms with van der Waals surface area (Å²) in [5, 5.41) is 0. The molecule has 0 fully saturated rings. The third kappa shape index (κ3) is 3.65. The van der Waals surface area contributed by atoms with E-state index in [-0.39, 0.29) is 0 Å². The average Bonchev–Trinajstić information content (AvgIpc) is 2.71. The van der Waals surface area contributed by atoms with Crippen LogP contribution >= 0.6 is 0 Å². The van der Waals surface area contributed by atoms with Crippen LogP contribution in [0, 0.1) is 18.6 Å². The molecule has 0 saturated carbocycles. The number of rotatable bonds is 3. The monoisotopic (exact) mass is 356 g/mol. The summed E-state index contributed by atoms with van der Waals surface area (Å²) in [7, 11) is 0. The van der Waals surface area contributed by atoms with Crippen LogP contribution in [0.15, 0.2) is 91.0 Å². The van der Waals surface area contributed by atoms with Crippen molar-refractivity contribution in [2.24, 2.45) is 0 Å². The molecule has 0 spiro atoms. The highest BCUT2D eigenvalue weighted by Gasteiger charge is 2.05. The zero-order chi connectivity index (χ0) is 18.8. The minimum atomic E-state index is -0.830. The summed E-state index contributed by atoms with van der Waals surface area (Å²) in [6.45, 7) is 2.08. The second kappa shape index (κ2) is 7.16. The lowest BCUT2D eigenvalue weighted by Crippen LogP contribution is -1.86. The summed E-state index contributed by atoms with van der Waals surface area (Å²) in [6, 6.07) is 28.7. The first kappa shape index (κ1) is 17.2. The minimum absolute atomic E-state index is 0.662. The van der Waals surface area contributed by atoms with E-state index in [9.17, 15) is 8.78 Å². The highest BCUT2D eigenvalue weighted by molar-refractivity contribution is 5.73. The number of halogens is 2.